The molecular formula is C13H12BrN3O3S. The van der Waals surface area contributed by atoms with Crippen LogP contribution in [0.15, 0.2) is 34.2 Å². The fraction of sp³-hybridized carbons (Fsp3) is 0.154. The lowest BCUT2D eigenvalue weighted by Gasteiger charge is -2.05. The number of carbonyl (C=O) groups is 2. The number of nitrogens with one attached hydrogen (secondary N) is 2. The number of anilines is 1. The van der Waals surface area contributed by atoms with Gasteiger partial charge in [0.1, 0.15) is 0 Å². The Balaban J connectivity index is 1.76. The van der Waals surface area contributed by atoms with Crippen LogP contribution in [0.5, 0.6) is 0 Å². The fourth-order valence-electron chi connectivity index (χ4n) is 1.59. The Morgan fingerprint density at radius 1 is 1.29 bits per heavy atom. The minimum atomic E-state index is -0.950. The van der Waals surface area contributed by atoms with E-state index >= 15 is 0 Å². The zero-order valence-electron chi connectivity index (χ0n) is 10.8. The number of halogens is 1. The molecule has 8 heteroatoms. The highest BCUT2D eigenvalue weighted by molar-refractivity contribution is 9.11. The van der Waals surface area contributed by atoms with E-state index in [1.807, 2.05) is 0 Å². The van der Waals surface area contributed by atoms with Crippen molar-refractivity contribution in [2.45, 2.75) is 6.42 Å². The Bertz CT molecular complexity index is 642. The van der Waals surface area contributed by atoms with Gasteiger partial charge in [-0.05, 0) is 40.0 Å². The van der Waals surface area contributed by atoms with Crippen LogP contribution >= 0.6 is 27.3 Å². The fourth-order valence-corrected chi connectivity index (χ4v) is 2.69. The Morgan fingerprint density at radius 2 is 2.00 bits per heavy atom. The summed E-state index contributed by atoms with van der Waals surface area (Å²) >= 11 is 4.59. The van der Waals surface area contributed by atoms with Crippen molar-refractivity contribution in [1.29, 1.82) is 0 Å². The Kier molecular flexibility index (Phi) is 5.29. The molecule has 3 N–H and O–H groups in total. The number of rotatable bonds is 5. The van der Waals surface area contributed by atoms with Crippen LogP contribution in [-0.2, 0) is 6.42 Å². The third-order valence-electron chi connectivity index (χ3n) is 2.60. The first-order valence-electron chi connectivity index (χ1n) is 6.03. The van der Waals surface area contributed by atoms with Crippen LogP contribution in [0.4, 0.5) is 9.93 Å². The molecule has 2 aromatic rings. The molecule has 1 heterocycles. The van der Waals surface area contributed by atoms with Crippen molar-refractivity contribution in [2.75, 3.05) is 11.9 Å². The molecular weight excluding hydrogens is 358 g/mol. The third-order valence-corrected chi connectivity index (χ3v) is 3.99. The minimum absolute atomic E-state index is 0.249. The van der Waals surface area contributed by atoms with Gasteiger partial charge in [-0.2, -0.15) is 0 Å². The number of aromatic carboxylic acids is 1. The molecule has 110 valence electrons. The maximum atomic E-state index is 11.6. The number of carbonyl (C=O) groups excluding carboxylic acids is 1. The van der Waals surface area contributed by atoms with Crippen LogP contribution in [0, 0.1) is 0 Å². The van der Waals surface area contributed by atoms with Crippen molar-refractivity contribution in [3.05, 3.63) is 45.4 Å². The summed E-state index contributed by atoms with van der Waals surface area (Å²) in [5, 5.41) is 14.6. The molecule has 0 aliphatic rings. The van der Waals surface area contributed by atoms with Gasteiger partial charge < -0.3 is 10.4 Å². The maximum Gasteiger partial charge on any atom is 0.335 e. The number of nitrogens with zero attached hydrogens (tertiary/aromatic N) is 1. The molecule has 0 saturated heterocycles. The Hall–Kier alpha value is -1.93. The van der Waals surface area contributed by atoms with Gasteiger partial charge >= 0.3 is 12.0 Å². The number of benzene rings is 1. The predicted molar refractivity (Wildman–Crippen MR) is 83.9 cm³/mol. The predicted octanol–water partition coefficient (Wildman–Crippen LogP) is 2.97. The van der Waals surface area contributed by atoms with E-state index in [2.05, 4.69) is 31.5 Å². The monoisotopic (exact) mass is 369 g/mol. The lowest BCUT2D eigenvalue weighted by molar-refractivity contribution is 0.0697. The zero-order valence-corrected chi connectivity index (χ0v) is 13.2. The number of hydrogen-bond acceptors (Lipinski definition) is 4. The second-order valence-electron chi connectivity index (χ2n) is 4.10. The highest BCUT2D eigenvalue weighted by Crippen LogP contribution is 2.22. The van der Waals surface area contributed by atoms with Crippen molar-refractivity contribution >= 4 is 44.4 Å². The minimum Gasteiger partial charge on any atom is -0.478 e. The van der Waals surface area contributed by atoms with E-state index in [-0.39, 0.29) is 11.6 Å². The van der Waals surface area contributed by atoms with Crippen LogP contribution in [0.2, 0.25) is 0 Å². The summed E-state index contributed by atoms with van der Waals surface area (Å²) < 4.78 is 0.844. The number of aromatic nitrogens is 1. The number of amides is 2. The number of carboxylic acids is 1. The van der Waals surface area contributed by atoms with Gasteiger partial charge in [-0.1, -0.05) is 23.5 Å². The van der Waals surface area contributed by atoms with Gasteiger partial charge in [0.05, 0.1) is 15.5 Å². The van der Waals surface area contributed by atoms with Gasteiger partial charge in [0.15, 0.2) is 5.13 Å². The molecule has 0 radical (unpaired) electrons. The van der Waals surface area contributed by atoms with E-state index in [1.54, 1.807) is 30.5 Å². The van der Waals surface area contributed by atoms with Gasteiger partial charge in [0.2, 0.25) is 0 Å². The van der Waals surface area contributed by atoms with Crippen molar-refractivity contribution < 1.29 is 14.7 Å². The van der Waals surface area contributed by atoms with Crippen LogP contribution in [0.1, 0.15) is 15.9 Å². The number of urea groups is 1. The normalized spacial score (nSPS) is 10.1. The topological polar surface area (TPSA) is 91.3 Å². The van der Waals surface area contributed by atoms with Gasteiger partial charge in [-0.25, -0.2) is 14.6 Å². The van der Waals surface area contributed by atoms with E-state index < -0.39 is 5.97 Å². The first kappa shape index (κ1) is 15.5. The van der Waals surface area contributed by atoms with E-state index in [0.717, 1.165) is 9.35 Å². The van der Waals surface area contributed by atoms with E-state index in [4.69, 9.17) is 5.11 Å². The van der Waals surface area contributed by atoms with Crippen LogP contribution in [0.3, 0.4) is 0 Å². The standard InChI is InChI=1S/C13H12BrN3O3S/c14-10-7-16-13(21-10)17-12(20)15-6-5-8-1-3-9(4-2-8)11(18)19/h1-4,7H,5-6H2,(H,18,19)(H2,15,16,17,20). The van der Waals surface area contributed by atoms with E-state index in [1.165, 1.54) is 11.3 Å². The molecule has 0 aliphatic carbocycles. The van der Waals surface area contributed by atoms with E-state index in [9.17, 15) is 9.59 Å². The molecule has 21 heavy (non-hydrogen) atoms. The number of thiazole rings is 1. The molecule has 0 fully saturated rings. The summed E-state index contributed by atoms with van der Waals surface area (Å²) in [6.45, 7) is 0.449. The smallest absolute Gasteiger partial charge is 0.335 e. The number of hydrogen-bond donors (Lipinski definition) is 3. The SMILES string of the molecule is O=C(NCCc1ccc(C(=O)O)cc1)Nc1ncc(Br)s1. The average molecular weight is 370 g/mol. The largest absolute Gasteiger partial charge is 0.478 e. The quantitative estimate of drug-likeness (QED) is 0.755. The molecule has 2 rings (SSSR count). The highest BCUT2D eigenvalue weighted by atomic mass is 79.9. The molecule has 6 nitrogen and oxygen atoms in total. The molecule has 0 atom stereocenters. The van der Waals surface area contributed by atoms with Crippen molar-refractivity contribution in [3.8, 4) is 0 Å². The van der Waals surface area contributed by atoms with Gasteiger partial charge in [-0.3, -0.25) is 5.32 Å². The molecule has 0 unspecified atom stereocenters. The first-order chi connectivity index (χ1) is 10.0. The Labute approximate surface area is 133 Å². The average Bonchev–Trinajstić information content (AvgIpc) is 2.84. The highest BCUT2D eigenvalue weighted by Gasteiger charge is 2.05. The summed E-state index contributed by atoms with van der Waals surface area (Å²) in [7, 11) is 0. The summed E-state index contributed by atoms with van der Waals surface area (Å²) in [5.74, 6) is -0.950. The number of carboxylic acid groups (broad SMARTS) is 1. The van der Waals surface area contributed by atoms with Crippen molar-refractivity contribution in [2.24, 2.45) is 0 Å². The Morgan fingerprint density at radius 3 is 2.57 bits per heavy atom. The molecule has 0 aliphatic heterocycles. The molecule has 2 amide bonds. The summed E-state index contributed by atoms with van der Waals surface area (Å²) in [6.07, 6.45) is 2.24. The summed E-state index contributed by atoms with van der Waals surface area (Å²) in [6, 6.07) is 6.25. The zero-order chi connectivity index (χ0) is 15.2. The lowest BCUT2D eigenvalue weighted by atomic mass is 10.1. The molecule has 0 bridgehead atoms. The third kappa shape index (κ3) is 4.83. The lowest BCUT2D eigenvalue weighted by Crippen LogP contribution is -2.30. The first-order valence-corrected chi connectivity index (χ1v) is 7.64. The van der Waals surface area contributed by atoms with Gasteiger partial charge in [-0.15, -0.1) is 0 Å². The van der Waals surface area contributed by atoms with Gasteiger partial charge in [0.25, 0.3) is 0 Å². The van der Waals surface area contributed by atoms with Crippen LogP contribution in [0.25, 0.3) is 0 Å². The maximum absolute atomic E-state index is 11.6. The molecule has 0 saturated carbocycles. The molecule has 0 spiro atoms. The second kappa shape index (κ2) is 7.19. The molecule has 1 aromatic heterocycles. The van der Waals surface area contributed by atoms with Crippen LogP contribution < -0.4 is 10.6 Å². The van der Waals surface area contributed by atoms with Crippen LogP contribution in [-0.4, -0.2) is 28.6 Å². The van der Waals surface area contributed by atoms with E-state index in [0.29, 0.717) is 18.1 Å². The summed E-state index contributed by atoms with van der Waals surface area (Å²) in [4.78, 5) is 26.3. The summed E-state index contributed by atoms with van der Waals surface area (Å²) in [5.41, 5.74) is 1.20. The van der Waals surface area contributed by atoms with Crippen molar-refractivity contribution in [1.82, 2.24) is 10.3 Å². The van der Waals surface area contributed by atoms with Gasteiger partial charge in [0, 0.05) is 6.54 Å². The molecule has 1 aromatic carbocycles. The second-order valence-corrected chi connectivity index (χ2v) is 6.51. The van der Waals surface area contributed by atoms with Crippen molar-refractivity contribution in [3.63, 3.8) is 0 Å².